The number of fused-ring (bicyclic) bond motifs is 1. The minimum absolute atomic E-state index is 0.130. The summed E-state index contributed by atoms with van der Waals surface area (Å²) in [6.45, 7) is 1.84. The van der Waals surface area contributed by atoms with Crippen LogP contribution in [0, 0.1) is 5.92 Å². The van der Waals surface area contributed by atoms with E-state index in [2.05, 4.69) is 22.6 Å². The highest BCUT2D eigenvalue weighted by atomic mass is 35.5. The van der Waals surface area contributed by atoms with E-state index in [0.717, 1.165) is 43.9 Å². The van der Waals surface area contributed by atoms with E-state index in [1.807, 2.05) is 31.2 Å². The molecule has 1 fully saturated rings. The van der Waals surface area contributed by atoms with Crippen molar-refractivity contribution >= 4 is 28.5 Å². The van der Waals surface area contributed by atoms with E-state index in [1.165, 1.54) is 5.56 Å². The number of carbonyl (C=O) groups excluding carboxylic acids is 1. The van der Waals surface area contributed by atoms with Gasteiger partial charge in [-0.05, 0) is 68.7 Å². The molecule has 0 bridgehead atoms. The third-order valence-corrected chi connectivity index (χ3v) is 6.57. The summed E-state index contributed by atoms with van der Waals surface area (Å²) < 4.78 is 5.51. The van der Waals surface area contributed by atoms with E-state index in [-0.39, 0.29) is 17.9 Å². The van der Waals surface area contributed by atoms with Crippen LogP contribution in [-0.2, 0) is 11.2 Å². The molecule has 1 amide bonds. The Morgan fingerprint density at radius 3 is 2.77 bits per heavy atom. The van der Waals surface area contributed by atoms with Gasteiger partial charge in [0.2, 0.25) is 5.91 Å². The van der Waals surface area contributed by atoms with Gasteiger partial charge in [-0.1, -0.05) is 53.5 Å². The molecule has 3 N–H and O–H groups in total. The smallest absolute Gasteiger partial charge is 0.240 e. The van der Waals surface area contributed by atoms with Crippen LogP contribution in [0.25, 0.3) is 11.0 Å². The highest BCUT2D eigenvalue weighted by molar-refractivity contribution is 6.31. The van der Waals surface area contributed by atoms with Crippen LogP contribution in [0.1, 0.15) is 56.3 Å². The van der Waals surface area contributed by atoms with Gasteiger partial charge < -0.3 is 15.6 Å². The first kappa shape index (κ1) is 20.9. The number of carbonyl (C=O) groups is 1. The van der Waals surface area contributed by atoms with Gasteiger partial charge >= 0.3 is 0 Å². The number of hydrogen-bond donors (Lipinski definition) is 2. The van der Waals surface area contributed by atoms with E-state index in [4.69, 9.17) is 21.9 Å². The molecule has 2 unspecified atom stereocenters. The lowest BCUT2D eigenvalue weighted by Gasteiger charge is -2.39. The molecule has 0 spiro atoms. The van der Waals surface area contributed by atoms with E-state index >= 15 is 0 Å². The number of halogens is 1. The van der Waals surface area contributed by atoms with Crippen molar-refractivity contribution in [3.05, 3.63) is 64.8 Å². The van der Waals surface area contributed by atoms with Crippen molar-refractivity contribution in [3.8, 4) is 0 Å². The highest BCUT2D eigenvalue weighted by Gasteiger charge is 2.41. The van der Waals surface area contributed by atoms with Crippen molar-refractivity contribution in [1.82, 2.24) is 10.5 Å². The van der Waals surface area contributed by atoms with E-state index < -0.39 is 5.54 Å². The summed E-state index contributed by atoms with van der Waals surface area (Å²) >= 11 is 6.21. The maximum atomic E-state index is 13.1. The van der Waals surface area contributed by atoms with Gasteiger partial charge in [0, 0.05) is 10.4 Å². The summed E-state index contributed by atoms with van der Waals surface area (Å²) in [6.07, 6.45) is 5.69. The average Bonchev–Trinajstić information content (AvgIpc) is 3.09. The lowest BCUT2D eigenvalue weighted by molar-refractivity contribution is -0.129. The number of hydrogen-bond acceptors (Lipinski definition) is 4. The molecule has 0 saturated heterocycles. The maximum Gasteiger partial charge on any atom is 0.240 e. The molecule has 1 aromatic heterocycles. The number of aryl methyl sites for hydroxylation is 1. The number of amides is 1. The van der Waals surface area contributed by atoms with Crippen LogP contribution < -0.4 is 11.1 Å². The fourth-order valence-electron chi connectivity index (χ4n) is 4.12. The Morgan fingerprint density at radius 1 is 1.30 bits per heavy atom. The Hall–Kier alpha value is -2.37. The van der Waals surface area contributed by atoms with Crippen molar-refractivity contribution in [1.29, 1.82) is 0 Å². The molecule has 1 aliphatic carbocycles. The van der Waals surface area contributed by atoms with Crippen molar-refractivity contribution in [3.63, 3.8) is 0 Å². The van der Waals surface area contributed by atoms with Gasteiger partial charge in [0.15, 0.2) is 5.58 Å². The second-order valence-electron chi connectivity index (χ2n) is 8.52. The molecule has 3 aromatic rings. The number of nitrogens with two attached hydrogens (primary N) is 1. The third kappa shape index (κ3) is 4.37. The second-order valence-corrected chi connectivity index (χ2v) is 8.96. The molecule has 30 heavy (non-hydrogen) atoms. The first-order valence-electron chi connectivity index (χ1n) is 10.6. The molecule has 158 valence electrons. The first-order valence-corrected chi connectivity index (χ1v) is 11.0. The Balaban J connectivity index is 1.55. The monoisotopic (exact) mass is 425 g/mol. The van der Waals surface area contributed by atoms with Crippen LogP contribution >= 0.6 is 11.6 Å². The largest absolute Gasteiger partial charge is 0.356 e. The zero-order valence-corrected chi connectivity index (χ0v) is 18.0. The van der Waals surface area contributed by atoms with E-state index in [9.17, 15) is 4.79 Å². The number of rotatable bonds is 8. The van der Waals surface area contributed by atoms with Crippen molar-refractivity contribution in [2.45, 2.75) is 57.0 Å². The number of nitrogens with zero attached hydrogens (tertiary/aromatic N) is 1. The molecule has 2 aromatic carbocycles. The van der Waals surface area contributed by atoms with Crippen LogP contribution in [0.4, 0.5) is 0 Å². The topological polar surface area (TPSA) is 81.2 Å². The summed E-state index contributed by atoms with van der Waals surface area (Å²) in [5.74, 6) is 0.0982. The summed E-state index contributed by atoms with van der Waals surface area (Å²) in [4.78, 5) is 13.1. The van der Waals surface area contributed by atoms with Gasteiger partial charge in [0.1, 0.15) is 5.69 Å². The average molecular weight is 426 g/mol. The van der Waals surface area contributed by atoms with Crippen LogP contribution in [-0.4, -0.2) is 16.6 Å². The van der Waals surface area contributed by atoms with Crippen LogP contribution in [0.15, 0.2) is 53.1 Å². The predicted molar refractivity (Wildman–Crippen MR) is 119 cm³/mol. The lowest BCUT2D eigenvalue weighted by atomic mass is 9.71. The highest BCUT2D eigenvalue weighted by Crippen LogP contribution is 2.36. The van der Waals surface area contributed by atoms with Gasteiger partial charge in [0.25, 0.3) is 0 Å². The molecular formula is C24H28ClN3O2. The molecule has 0 aliphatic heterocycles. The summed E-state index contributed by atoms with van der Waals surface area (Å²) in [5.41, 5.74) is 8.20. The Morgan fingerprint density at radius 2 is 2.07 bits per heavy atom. The van der Waals surface area contributed by atoms with Crippen LogP contribution in [0.3, 0.4) is 0 Å². The Kier molecular flexibility index (Phi) is 6.11. The zero-order valence-electron chi connectivity index (χ0n) is 17.2. The molecule has 0 radical (unpaired) electrons. The fourth-order valence-corrected chi connectivity index (χ4v) is 4.29. The van der Waals surface area contributed by atoms with Gasteiger partial charge in [-0.15, -0.1) is 0 Å². The predicted octanol–water partition coefficient (Wildman–Crippen LogP) is 5.18. The second kappa shape index (κ2) is 8.78. The summed E-state index contributed by atoms with van der Waals surface area (Å²) in [6, 6.07) is 15.5. The number of benzene rings is 2. The molecule has 6 heteroatoms. The molecular weight excluding hydrogens is 398 g/mol. The first-order chi connectivity index (χ1) is 14.4. The molecule has 1 aliphatic rings. The maximum absolute atomic E-state index is 13.1. The fraction of sp³-hybridized carbons (Fsp3) is 0.417. The van der Waals surface area contributed by atoms with Gasteiger partial charge in [-0.3, -0.25) is 4.79 Å². The normalized spacial score (nSPS) is 17.3. The van der Waals surface area contributed by atoms with Crippen molar-refractivity contribution in [2.75, 3.05) is 0 Å². The molecule has 1 saturated carbocycles. The van der Waals surface area contributed by atoms with Gasteiger partial charge in [-0.25, -0.2) is 0 Å². The number of nitrogens with one attached hydrogen (secondary N) is 1. The third-order valence-electron chi connectivity index (χ3n) is 6.34. The van der Waals surface area contributed by atoms with E-state index in [0.29, 0.717) is 16.3 Å². The van der Waals surface area contributed by atoms with Crippen LogP contribution in [0.5, 0.6) is 0 Å². The molecule has 1 heterocycles. The van der Waals surface area contributed by atoms with Crippen molar-refractivity contribution in [2.24, 2.45) is 11.7 Å². The molecule has 5 nitrogen and oxygen atoms in total. The quantitative estimate of drug-likeness (QED) is 0.521. The van der Waals surface area contributed by atoms with Gasteiger partial charge in [-0.2, -0.15) is 0 Å². The van der Waals surface area contributed by atoms with Gasteiger partial charge in [0.05, 0.1) is 11.6 Å². The van der Waals surface area contributed by atoms with Crippen LogP contribution in [0.2, 0.25) is 5.02 Å². The molecule has 4 rings (SSSR count). The summed E-state index contributed by atoms with van der Waals surface area (Å²) in [5, 5.41) is 8.90. The summed E-state index contributed by atoms with van der Waals surface area (Å²) in [7, 11) is 0. The SMILES string of the molecule is CC(N)(C(=O)NC(CCCc1ccccc1)c1noc2ccc(Cl)cc12)C1CCC1. The van der Waals surface area contributed by atoms with E-state index in [1.54, 1.807) is 12.1 Å². The molecule has 2 atom stereocenters. The minimum Gasteiger partial charge on any atom is -0.356 e. The Bertz CT molecular complexity index is 1010. The lowest BCUT2D eigenvalue weighted by Crippen LogP contribution is -2.58. The number of aromatic nitrogens is 1. The Labute approximate surface area is 181 Å². The standard InChI is InChI=1S/C24H28ClN3O2/c1-24(26,17-10-6-11-17)23(29)27-20(12-5-9-16-7-3-2-4-8-16)22-19-15-18(25)13-14-21(19)30-28-22/h2-4,7-8,13-15,17,20H,5-6,9-12,26H2,1H3,(H,27,29). The minimum atomic E-state index is -0.882. The van der Waals surface area contributed by atoms with Crippen molar-refractivity contribution < 1.29 is 9.32 Å². The zero-order chi connectivity index (χ0) is 21.1.